The summed E-state index contributed by atoms with van der Waals surface area (Å²) in [7, 11) is 0. The molecule has 1 atom stereocenters. The van der Waals surface area contributed by atoms with Crippen molar-refractivity contribution in [2.75, 3.05) is 18.0 Å². The molecule has 3 rings (SSSR count). The van der Waals surface area contributed by atoms with E-state index in [0.29, 0.717) is 16.8 Å². The fourth-order valence-corrected chi connectivity index (χ4v) is 3.68. The number of carbonyl (C=O) groups is 3. The van der Waals surface area contributed by atoms with E-state index in [4.69, 9.17) is 5.11 Å². The molecule has 146 valence electrons. The van der Waals surface area contributed by atoms with Gasteiger partial charge in [0.1, 0.15) is 12.4 Å². The predicted molar refractivity (Wildman–Crippen MR) is 98.2 cm³/mol. The van der Waals surface area contributed by atoms with E-state index in [1.165, 1.54) is 4.90 Å². The number of carboxylic acids is 1. The number of carbonyl (C=O) groups excluding carboxylic acids is 2. The quantitative estimate of drug-likeness (QED) is 0.766. The largest absolute Gasteiger partial charge is 0.481 e. The second kappa shape index (κ2) is 6.94. The van der Waals surface area contributed by atoms with Crippen molar-refractivity contribution in [2.24, 2.45) is 5.92 Å². The number of halogens is 1. The molecular weight excluding hydrogens is 351 g/mol. The van der Waals surface area contributed by atoms with Gasteiger partial charge in [0.2, 0.25) is 11.8 Å². The number of nitrogens with one attached hydrogen (secondary N) is 1. The first-order chi connectivity index (χ1) is 12.6. The Hall–Kier alpha value is -2.44. The van der Waals surface area contributed by atoms with Gasteiger partial charge in [-0.15, -0.1) is 0 Å². The van der Waals surface area contributed by atoms with Crippen molar-refractivity contribution >= 4 is 23.5 Å². The second-order valence-electron chi connectivity index (χ2n) is 8.16. The van der Waals surface area contributed by atoms with Crippen LogP contribution in [0.3, 0.4) is 0 Å². The van der Waals surface area contributed by atoms with E-state index in [1.54, 1.807) is 32.9 Å². The van der Waals surface area contributed by atoms with Crippen LogP contribution >= 0.6 is 0 Å². The summed E-state index contributed by atoms with van der Waals surface area (Å²) in [5.41, 5.74) is 0.439. The van der Waals surface area contributed by atoms with Crippen LogP contribution in [0.25, 0.3) is 0 Å². The number of nitrogens with zero attached hydrogens (tertiary/aromatic N) is 1. The Labute approximate surface area is 157 Å². The molecule has 1 aliphatic heterocycles. The van der Waals surface area contributed by atoms with Crippen LogP contribution in [0, 0.1) is 11.7 Å². The molecule has 2 amide bonds. The van der Waals surface area contributed by atoms with E-state index in [1.807, 2.05) is 0 Å². The number of fused-ring (bicyclic) bond motifs is 1. The maximum Gasteiger partial charge on any atom is 0.303 e. The number of hydrogen-bond donors (Lipinski definition) is 2. The molecule has 1 heterocycles. The minimum absolute atomic E-state index is 0.0477. The minimum atomic E-state index is -1.03. The second-order valence-corrected chi connectivity index (χ2v) is 8.16. The van der Waals surface area contributed by atoms with E-state index in [0.717, 1.165) is 12.8 Å². The van der Waals surface area contributed by atoms with Gasteiger partial charge in [0.25, 0.3) is 0 Å². The van der Waals surface area contributed by atoms with E-state index in [-0.39, 0.29) is 43.1 Å². The number of amides is 2. The molecule has 1 saturated carbocycles. The molecule has 1 fully saturated rings. The molecule has 2 aliphatic rings. The highest BCUT2D eigenvalue weighted by Crippen LogP contribution is 2.48. The standard InChI is InChI=1S/C20H25FN2O4/c1-11(8-16(25)26)9-22-15(24)10-23-14-7-6-13(12-4-5-12)18(21)17(14)20(2,3)19(23)27/h6-7,11-12H,4-5,8-10H2,1-3H3,(H,22,24)(H,25,26)/t11-/m1/s1. The van der Waals surface area contributed by atoms with E-state index < -0.39 is 17.3 Å². The van der Waals surface area contributed by atoms with Crippen molar-refractivity contribution in [1.82, 2.24) is 5.32 Å². The fourth-order valence-electron chi connectivity index (χ4n) is 3.68. The Morgan fingerprint density at radius 2 is 2.04 bits per heavy atom. The van der Waals surface area contributed by atoms with Crippen LogP contribution in [0.4, 0.5) is 10.1 Å². The van der Waals surface area contributed by atoms with Crippen LogP contribution in [0.15, 0.2) is 12.1 Å². The topological polar surface area (TPSA) is 86.7 Å². The Kier molecular flexibility index (Phi) is 4.97. The van der Waals surface area contributed by atoms with Gasteiger partial charge in [-0.1, -0.05) is 13.0 Å². The lowest BCUT2D eigenvalue weighted by molar-refractivity contribution is -0.138. The van der Waals surface area contributed by atoms with Gasteiger partial charge in [-0.05, 0) is 50.2 Å². The fraction of sp³-hybridized carbons (Fsp3) is 0.550. The Morgan fingerprint density at radius 1 is 1.37 bits per heavy atom. The highest BCUT2D eigenvalue weighted by Gasteiger charge is 2.47. The molecule has 0 unspecified atom stereocenters. The highest BCUT2D eigenvalue weighted by molar-refractivity contribution is 6.10. The zero-order valence-corrected chi connectivity index (χ0v) is 15.8. The number of anilines is 1. The first kappa shape index (κ1) is 19.3. The number of carboxylic acid groups (broad SMARTS) is 1. The highest BCUT2D eigenvalue weighted by atomic mass is 19.1. The van der Waals surface area contributed by atoms with Crippen molar-refractivity contribution in [3.63, 3.8) is 0 Å². The average molecular weight is 376 g/mol. The monoisotopic (exact) mass is 376 g/mol. The molecule has 0 radical (unpaired) electrons. The summed E-state index contributed by atoms with van der Waals surface area (Å²) in [6.45, 7) is 5.08. The maximum atomic E-state index is 15.1. The van der Waals surface area contributed by atoms with Crippen LogP contribution in [0.1, 0.15) is 57.1 Å². The summed E-state index contributed by atoms with van der Waals surface area (Å²) in [4.78, 5) is 37.2. The molecule has 27 heavy (non-hydrogen) atoms. The number of hydrogen-bond acceptors (Lipinski definition) is 3. The van der Waals surface area contributed by atoms with Gasteiger partial charge in [-0.3, -0.25) is 14.4 Å². The van der Waals surface area contributed by atoms with Crippen LogP contribution in [0.5, 0.6) is 0 Å². The zero-order chi connectivity index (χ0) is 19.9. The van der Waals surface area contributed by atoms with Gasteiger partial charge in [0.05, 0.1) is 11.1 Å². The summed E-state index contributed by atoms with van der Waals surface area (Å²) < 4.78 is 15.1. The summed E-state index contributed by atoms with van der Waals surface area (Å²) in [6, 6.07) is 3.46. The number of aliphatic carboxylic acids is 1. The Morgan fingerprint density at radius 3 is 2.63 bits per heavy atom. The first-order valence-electron chi connectivity index (χ1n) is 9.26. The van der Waals surface area contributed by atoms with Gasteiger partial charge in [0, 0.05) is 18.5 Å². The molecule has 0 saturated heterocycles. The first-order valence-corrected chi connectivity index (χ1v) is 9.26. The molecule has 1 aromatic carbocycles. The van der Waals surface area contributed by atoms with Crippen molar-refractivity contribution in [2.45, 2.75) is 51.4 Å². The van der Waals surface area contributed by atoms with Crippen LogP contribution in [-0.4, -0.2) is 36.0 Å². The van der Waals surface area contributed by atoms with Gasteiger partial charge >= 0.3 is 5.97 Å². The van der Waals surface area contributed by atoms with Crippen LogP contribution in [0.2, 0.25) is 0 Å². The molecular formula is C20H25FN2O4. The van der Waals surface area contributed by atoms with Gasteiger partial charge in [-0.25, -0.2) is 4.39 Å². The van der Waals surface area contributed by atoms with E-state index in [9.17, 15) is 14.4 Å². The third kappa shape index (κ3) is 3.68. The van der Waals surface area contributed by atoms with Crippen molar-refractivity contribution in [3.8, 4) is 0 Å². The van der Waals surface area contributed by atoms with E-state index in [2.05, 4.69) is 5.32 Å². The third-order valence-electron chi connectivity index (χ3n) is 5.34. The van der Waals surface area contributed by atoms with Crippen LogP contribution in [-0.2, 0) is 19.8 Å². The smallest absolute Gasteiger partial charge is 0.303 e. The minimum Gasteiger partial charge on any atom is -0.481 e. The summed E-state index contributed by atoms with van der Waals surface area (Å²) in [5, 5.41) is 11.4. The molecule has 7 heteroatoms. The number of rotatable bonds is 7. The Bertz CT molecular complexity index is 801. The molecule has 0 bridgehead atoms. The molecule has 1 aromatic rings. The predicted octanol–water partition coefficient (Wildman–Crippen LogP) is 2.55. The lowest BCUT2D eigenvalue weighted by atomic mass is 9.84. The van der Waals surface area contributed by atoms with E-state index >= 15 is 4.39 Å². The average Bonchev–Trinajstić information content (AvgIpc) is 3.38. The number of benzene rings is 1. The molecule has 0 aromatic heterocycles. The van der Waals surface area contributed by atoms with Crippen molar-refractivity contribution in [3.05, 3.63) is 29.1 Å². The lowest BCUT2D eigenvalue weighted by Gasteiger charge is -2.20. The SMILES string of the molecule is C[C@@H](CNC(=O)CN1C(=O)C(C)(C)c2c1ccc(C1CC1)c2F)CC(=O)O. The summed E-state index contributed by atoms with van der Waals surface area (Å²) in [6.07, 6.45) is 1.88. The summed E-state index contributed by atoms with van der Waals surface area (Å²) >= 11 is 0. The van der Waals surface area contributed by atoms with Crippen LogP contribution < -0.4 is 10.2 Å². The van der Waals surface area contributed by atoms with Gasteiger partial charge < -0.3 is 15.3 Å². The molecule has 2 N–H and O–H groups in total. The van der Waals surface area contributed by atoms with Gasteiger partial charge in [-0.2, -0.15) is 0 Å². The zero-order valence-electron chi connectivity index (χ0n) is 15.8. The molecule has 6 nitrogen and oxygen atoms in total. The molecule has 1 aliphatic carbocycles. The van der Waals surface area contributed by atoms with Gasteiger partial charge in [0.15, 0.2) is 0 Å². The Balaban J connectivity index is 1.76. The normalized spacial score (nSPS) is 19.0. The van der Waals surface area contributed by atoms with Crippen molar-refractivity contribution < 1.29 is 23.9 Å². The third-order valence-corrected chi connectivity index (χ3v) is 5.34. The van der Waals surface area contributed by atoms with Crippen molar-refractivity contribution in [1.29, 1.82) is 0 Å². The summed E-state index contributed by atoms with van der Waals surface area (Å²) in [5.74, 6) is -1.94. The maximum absolute atomic E-state index is 15.1. The molecule has 0 spiro atoms. The lowest BCUT2D eigenvalue weighted by Crippen LogP contribution is -2.43.